The first kappa shape index (κ1) is 19.8. The van der Waals surface area contributed by atoms with Gasteiger partial charge in [0.2, 0.25) is 5.91 Å². The largest absolute Gasteiger partial charge is 0.338 e. The molecule has 1 aliphatic heterocycles. The van der Waals surface area contributed by atoms with Crippen molar-refractivity contribution in [2.75, 3.05) is 31.9 Å². The molecule has 0 spiro atoms. The second-order valence-corrected chi connectivity index (χ2v) is 8.50. The zero-order valence-electron chi connectivity index (χ0n) is 15.9. The molecule has 144 valence electrons. The predicted molar refractivity (Wildman–Crippen MR) is 110 cm³/mol. The molecule has 4 nitrogen and oxygen atoms in total. The number of piperazine rings is 1. The van der Waals surface area contributed by atoms with Crippen LogP contribution in [-0.2, 0) is 9.59 Å². The maximum atomic E-state index is 12.5. The molecule has 5 heteroatoms. The molecule has 2 aliphatic rings. The summed E-state index contributed by atoms with van der Waals surface area (Å²) in [6, 6.07) is 9.53. The molecule has 0 atom stereocenters. The van der Waals surface area contributed by atoms with E-state index in [1.165, 1.54) is 38.5 Å². The van der Waals surface area contributed by atoms with Gasteiger partial charge in [-0.2, -0.15) is 0 Å². The summed E-state index contributed by atoms with van der Waals surface area (Å²) in [7, 11) is 0. The molecule has 0 aromatic heterocycles. The van der Waals surface area contributed by atoms with Crippen LogP contribution in [0.15, 0.2) is 30.3 Å². The van der Waals surface area contributed by atoms with Crippen LogP contribution in [0, 0.1) is 11.8 Å². The second kappa shape index (κ2) is 10.4. The fraction of sp³-hybridized carbons (Fsp3) is 0.545. The summed E-state index contributed by atoms with van der Waals surface area (Å²) in [6.45, 7) is 2.37. The standard InChI is InChI=1S/C22H28N2O2S/c25-21(13-12-19-8-4-3-5-9-19)23-14-16-24(17-15-23)22(26)18-27-20-10-6-1-2-7-11-20/h3-5,8-9,20H,1-2,6-7,10-11,14-18H2. The average molecular weight is 385 g/mol. The van der Waals surface area contributed by atoms with Gasteiger partial charge in [0.15, 0.2) is 0 Å². The summed E-state index contributed by atoms with van der Waals surface area (Å²) in [6.07, 6.45) is 7.79. The van der Waals surface area contributed by atoms with Crippen molar-refractivity contribution in [1.29, 1.82) is 0 Å². The fourth-order valence-corrected chi connectivity index (χ4v) is 4.80. The Bertz CT molecular complexity index is 679. The van der Waals surface area contributed by atoms with Gasteiger partial charge < -0.3 is 9.80 Å². The van der Waals surface area contributed by atoms with Crippen molar-refractivity contribution >= 4 is 23.6 Å². The van der Waals surface area contributed by atoms with Gasteiger partial charge in [-0.3, -0.25) is 9.59 Å². The number of amides is 2. The van der Waals surface area contributed by atoms with Gasteiger partial charge >= 0.3 is 0 Å². The number of nitrogens with zero attached hydrogens (tertiary/aromatic N) is 2. The quantitative estimate of drug-likeness (QED) is 0.594. The molecule has 0 N–H and O–H groups in total. The Labute approximate surface area is 166 Å². The maximum Gasteiger partial charge on any atom is 0.298 e. The van der Waals surface area contributed by atoms with Gasteiger partial charge in [0, 0.05) is 42.9 Å². The SMILES string of the molecule is O=C(C#Cc1ccccc1)N1CCN(C(=O)CSC2CCCCCC2)CC1. The third-order valence-electron chi connectivity index (χ3n) is 5.25. The van der Waals surface area contributed by atoms with Gasteiger partial charge in [-0.05, 0) is 25.0 Å². The Morgan fingerprint density at radius 1 is 0.926 bits per heavy atom. The van der Waals surface area contributed by atoms with Gasteiger partial charge in [0.05, 0.1) is 5.75 Å². The Morgan fingerprint density at radius 2 is 1.56 bits per heavy atom. The van der Waals surface area contributed by atoms with E-state index in [1.807, 2.05) is 47.0 Å². The van der Waals surface area contributed by atoms with Crippen LogP contribution in [0.4, 0.5) is 0 Å². The predicted octanol–water partition coefficient (Wildman–Crippen LogP) is 3.16. The van der Waals surface area contributed by atoms with E-state index in [9.17, 15) is 9.59 Å². The highest BCUT2D eigenvalue weighted by Crippen LogP contribution is 2.27. The minimum absolute atomic E-state index is 0.154. The van der Waals surface area contributed by atoms with Crippen molar-refractivity contribution in [2.24, 2.45) is 0 Å². The summed E-state index contributed by atoms with van der Waals surface area (Å²) in [5, 5.41) is 0.646. The molecule has 0 radical (unpaired) electrons. The van der Waals surface area contributed by atoms with E-state index in [2.05, 4.69) is 11.8 Å². The molecule has 1 saturated heterocycles. The maximum absolute atomic E-state index is 12.5. The topological polar surface area (TPSA) is 40.6 Å². The molecular weight excluding hydrogens is 356 g/mol. The minimum atomic E-state index is -0.154. The van der Waals surface area contributed by atoms with E-state index in [0.29, 0.717) is 37.2 Å². The lowest BCUT2D eigenvalue weighted by atomic mass is 10.2. The Kier molecular flexibility index (Phi) is 7.65. The molecule has 1 aromatic rings. The van der Waals surface area contributed by atoms with Crippen LogP contribution in [0.3, 0.4) is 0 Å². The number of rotatable bonds is 3. The van der Waals surface area contributed by atoms with E-state index >= 15 is 0 Å². The second-order valence-electron chi connectivity index (χ2n) is 7.21. The molecule has 27 heavy (non-hydrogen) atoms. The van der Waals surface area contributed by atoms with E-state index in [4.69, 9.17) is 0 Å². The minimum Gasteiger partial charge on any atom is -0.338 e. The highest BCUT2D eigenvalue weighted by atomic mass is 32.2. The lowest BCUT2D eigenvalue weighted by Gasteiger charge is -2.34. The Balaban J connectivity index is 1.41. The smallest absolute Gasteiger partial charge is 0.298 e. The van der Waals surface area contributed by atoms with Gasteiger partial charge in [0.1, 0.15) is 0 Å². The van der Waals surface area contributed by atoms with Crippen molar-refractivity contribution in [3.05, 3.63) is 35.9 Å². The summed E-state index contributed by atoms with van der Waals surface area (Å²) in [4.78, 5) is 28.4. The van der Waals surface area contributed by atoms with Crippen LogP contribution in [0.2, 0.25) is 0 Å². The molecular formula is C22H28N2O2S. The normalized spacial score (nSPS) is 18.4. The van der Waals surface area contributed by atoms with Gasteiger partial charge in [-0.1, -0.05) is 49.8 Å². The molecule has 1 heterocycles. The van der Waals surface area contributed by atoms with Crippen LogP contribution >= 0.6 is 11.8 Å². The van der Waals surface area contributed by atoms with Crippen LogP contribution < -0.4 is 0 Å². The van der Waals surface area contributed by atoms with E-state index in [0.717, 1.165) is 5.56 Å². The third kappa shape index (κ3) is 6.32. The number of benzene rings is 1. The van der Waals surface area contributed by atoms with Gasteiger partial charge in [-0.15, -0.1) is 11.8 Å². The molecule has 0 bridgehead atoms. The summed E-state index contributed by atoms with van der Waals surface area (Å²) < 4.78 is 0. The van der Waals surface area contributed by atoms with Crippen LogP contribution in [0.5, 0.6) is 0 Å². The van der Waals surface area contributed by atoms with Crippen molar-refractivity contribution in [3.63, 3.8) is 0 Å². The van der Waals surface area contributed by atoms with Gasteiger partial charge in [0.25, 0.3) is 5.91 Å². The molecule has 1 saturated carbocycles. The number of carbonyl (C=O) groups is 2. The first-order chi connectivity index (χ1) is 13.2. The monoisotopic (exact) mass is 384 g/mol. The first-order valence-corrected chi connectivity index (χ1v) is 11.0. The first-order valence-electron chi connectivity index (χ1n) is 9.98. The average Bonchev–Trinajstić information content (AvgIpc) is 3.00. The number of thioether (sulfide) groups is 1. The molecule has 3 rings (SSSR count). The fourth-order valence-electron chi connectivity index (χ4n) is 3.57. The van der Waals surface area contributed by atoms with E-state index in [-0.39, 0.29) is 11.8 Å². The third-order valence-corrected chi connectivity index (χ3v) is 6.61. The zero-order chi connectivity index (χ0) is 18.9. The molecule has 0 unspecified atom stereocenters. The Hall–Kier alpha value is -1.93. The summed E-state index contributed by atoms with van der Waals surface area (Å²) in [5.74, 6) is 6.27. The van der Waals surface area contributed by atoms with Crippen LogP contribution in [0.25, 0.3) is 0 Å². The molecule has 2 fully saturated rings. The summed E-state index contributed by atoms with van der Waals surface area (Å²) in [5.41, 5.74) is 0.843. The van der Waals surface area contributed by atoms with E-state index in [1.54, 1.807) is 4.90 Å². The molecule has 2 amide bonds. The highest BCUT2D eigenvalue weighted by Gasteiger charge is 2.24. The van der Waals surface area contributed by atoms with Gasteiger partial charge in [-0.25, -0.2) is 0 Å². The van der Waals surface area contributed by atoms with Crippen molar-refractivity contribution in [1.82, 2.24) is 9.80 Å². The summed E-state index contributed by atoms with van der Waals surface area (Å²) >= 11 is 1.83. The lowest BCUT2D eigenvalue weighted by molar-refractivity contribution is -0.134. The van der Waals surface area contributed by atoms with E-state index < -0.39 is 0 Å². The Morgan fingerprint density at radius 3 is 2.22 bits per heavy atom. The zero-order valence-corrected chi connectivity index (χ0v) is 16.7. The highest BCUT2D eigenvalue weighted by molar-refractivity contribution is 8.00. The molecule has 1 aliphatic carbocycles. The van der Waals surface area contributed by atoms with Crippen molar-refractivity contribution < 1.29 is 9.59 Å². The van der Waals surface area contributed by atoms with Crippen molar-refractivity contribution in [2.45, 2.75) is 43.8 Å². The lowest BCUT2D eigenvalue weighted by Crippen LogP contribution is -2.50. The number of hydrogen-bond donors (Lipinski definition) is 0. The molecule has 1 aromatic carbocycles. The number of hydrogen-bond acceptors (Lipinski definition) is 3. The van der Waals surface area contributed by atoms with Crippen LogP contribution in [-0.4, -0.2) is 58.8 Å². The number of carbonyl (C=O) groups excluding carboxylic acids is 2. The van der Waals surface area contributed by atoms with Crippen molar-refractivity contribution in [3.8, 4) is 11.8 Å². The van der Waals surface area contributed by atoms with Crippen LogP contribution in [0.1, 0.15) is 44.1 Å².